The first-order valence-electron chi connectivity index (χ1n) is 9.24. The molecule has 0 aliphatic carbocycles. The zero-order valence-electron chi connectivity index (χ0n) is 17.0. The van der Waals surface area contributed by atoms with Gasteiger partial charge in [-0.3, -0.25) is 9.48 Å². The van der Waals surface area contributed by atoms with Gasteiger partial charge in [0.2, 0.25) is 5.91 Å². The van der Waals surface area contributed by atoms with Crippen molar-refractivity contribution in [3.63, 3.8) is 0 Å². The van der Waals surface area contributed by atoms with E-state index in [1.807, 2.05) is 13.8 Å². The Morgan fingerprint density at radius 1 is 1.31 bits per heavy atom. The number of nitrogens with one attached hydrogen (secondary N) is 1. The van der Waals surface area contributed by atoms with Gasteiger partial charge in [0, 0.05) is 17.3 Å². The number of aromatic nitrogens is 4. The molecule has 0 bridgehead atoms. The number of esters is 1. The van der Waals surface area contributed by atoms with Gasteiger partial charge in [-0.15, -0.1) is 11.3 Å². The topological polar surface area (TPSA) is 99.0 Å². The monoisotopic (exact) mass is 433 g/mol. The Labute approximate surface area is 177 Å². The number of carbonyl (C=O) groups is 2. The molecule has 3 aromatic rings. The van der Waals surface area contributed by atoms with Gasteiger partial charge in [-0.2, -0.15) is 5.10 Å². The number of thioether (sulfide) groups is 1. The second-order valence-electron chi connectivity index (χ2n) is 6.40. The summed E-state index contributed by atoms with van der Waals surface area (Å²) in [4.78, 5) is 36.0. The molecule has 154 valence electrons. The molecule has 0 saturated carbocycles. The fraction of sp³-hybridized carbons (Fsp3) is 0.421. The van der Waals surface area contributed by atoms with Crippen LogP contribution in [-0.2, 0) is 16.6 Å². The molecule has 1 N–H and O–H groups in total. The Morgan fingerprint density at radius 3 is 2.76 bits per heavy atom. The van der Waals surface area contributed by atoms with E-state index in [-0.39, 0.29) is 18.1 Å². The second-order valence-corrected chi connectivity index (χ2v) is 8.79. The average Bonchev–Trinajstić information content (AvgIpc) is 3.20. The van der Waals surface area contributed by atoms with Crippen molar-refractivity contribution in [1.29, 1.82) is 0 Å². The molecular formula is C19H23N5O3S2. The lowest BCUT2D eigenvalue weighted by Gasteiger charge is -2.15. The van der Waals surface area contributed by atoms with Crippen LogP contribution in [0.15, 0.2) is 17.6 Å². The number of anilines is 1. The molecule has 0 radical (unpaired) electrons. The van der Waals surface area contributed by atoms with Crippen LogP contribution in [0.25, 0.3) is 10.2 Å². The van der Waals surface area contributed by atoms with E-state index in [1.54, 1.807) is 25.3 Å². The Morgan fingerprint density at radius 2 is 2.07 bits per heavy atom. The SMILES string of the molecule is CCOC(=O)c1cnn(C)c1NC(=O)C(CC)Sc1ncnc2sc(C)c(C)c12. The summed E-state index contributed by atoms with van der Waals surface area (Å²) in [6, 6.07) is 0. The van der Waals surface area contributed by atoms with Gasteiger partial charge in [0.1, 0.15) is 27.6 Å². The van der Waals surface area contributed by atoms with Crippen LogP contribution in [0, 0.1) is 13.8 Å². The summed E-state index contributed by atoms with van der Waals surface area (Å²) in [6.07, 6.45) is 3.52. The number of carbonyl (C=O) groups excluding carboxylic acids is 2. The van der Waals surface area contributed by atoms with Gasteiger partial charge in [0.15, 0.2) is 0 Å². The lowest BCUT2D eigenvalue weighted by Crippen LogP contribution is -2.27. The summed E-state index contributed by atoms with van der Waals surface area (Å²) in [6.45, 7) is 8.02. The van der Waals surface area contributed by atoms with Crippen molar-refractivity contribution in [2.45, 2.75) is 44.4 Å². The molecule has 0 aromatic carbocycles. The number of ether oxygens (including phenoxy) is 1. The van der Waals surface area contributed by atoms with Crippen molar-refractivity contribution in [3.8, 4) is 0 Å². The van der Waals surface area contributed by atoms with Crippen molar-refractivity contribution in [3.05, 3.63) is 28.5 Å². The third-order valence-corrected chi connectivity index (χ3v) is 7.00. The van der Waals surface area contributed by atoms with Crippen molar-refractivity contribution >= 4 is 51.0 Å². The molecule has 1 atom stereocenters. The molecule has 3 rings (SSSR count). The lowest BCUT2D eigenvalue weighted by molar-refractivity contribution is -0.115. The molecule has 1 amide bonds. The summed E-state index contributed by atoms with van der Waals surface area (Å²) < 4.78 is 6.50. The van der Waals surface area contributed by atoms with E-state index in [2.05, 4.69) is 27.3 Å². The zero-order valence-corrected chi connectivity index (χ0v) is 18.6. The normalized spacial score (nSPS) is 12.2. The molecule has 0 aliphatic heterocycles. The van der Waals surface area contributed by atoms with Gasteiger partial charge in [0.25, 0.3) is 0 Å². The summed E-state index contributed by atoms with van der Waals surface area (Å²) in [5, 5.41) is 8.30. The highest BCUT2D eigenvalue weighted by atomic mass is 32.2. The van der Waals surface area contributed by atoms with Gasteiger partial charge >= 0.3 is 5.97 Å². The first kappa shape index (κ1) is 21.3. The standard InChI is InChI=1S/C19H23N5O3S2/c1-6-13(29-18-14-10(3)11(4)28-17(14)20-9-21-18)16(25)23-15-12(8-22-24(15)5)19(26)27-7-2/h8-9,13H,6-7H2,1-5H3,(H,23,25). The van der Waals surface area contributed by atoms with E-state index in [0.717, 1.165) is 20.8 Å². The van der Waals surface area contributed by atoms with Gasteiger partial charge in [0.05, 0.1) is 18.1 Å². The van der Waals surface area contributed by atoms with Crippen LogP contribution in [0.5, 0.6) is 0 Å². The van der Waals surface area contributed by atoms with Crippen LogP contribution in [0.4, 0.5) is 5.82 Å². The molecule has 3 aromatic heterocycles. The van der Waals surface area contributed by atoms with Gasteiger partial charge in [-0.25, -0.2) is 14.8 Å². The molecule has 10 heteroatoms. The van der Waals surface area contributed by atoms with E-state index in [1.165, 1.54) is 33.8 Å². The molecule has 29 heavy (non-hydrogen) atoms. The van der Waals surface area contributed by atoms with Crippen molar-refractivity contribution in [2.75, 3.05) is 11.9 Å². The molecule has 1 unspecified atom stereocenters. The predicted octanol–water partition coefficient (Wildman–Crippen LogP) is 3.73. The molecular weight excluding hydrogens is 410 g/mol. The van der Waals surface area contributed by atoms with Crippen molar-refractivity contribution in [1.82, 2.24) is 19.7 Å². The number of aryl methyl sites for hydroxylation is 3. The van der Waals surface area contributed by atoms with E-state index in [9.17, 15) is 9.59 Å². The Bertz CT molecular complexity index is 1060. The van der Waals surface area contributed by atoms with Crippen molar-refractivity contribution < 1.29 is 14.3 Å². The minimum Gasteiger partial charge on any atom is -0.462 e. The van der Waals surface area contributed by atoms with E-state index in [4.69, 9.17) is 4.74 Å². The highest BCUT2D eigenvalue weighted by molar-refractivity contribution is 8.00. The minimum atomic E-state index is -0.515. The summed E-state index contributed by atoms with van der Waals surface area (Å²) >= 11 is 3.03. The summed E-state index contributed by atoms with van der Waals surface area (Å²) in [5.74, 6) is -0.413. The first-order valence-corrected chi connectivity index (χ1v) is 10.9. The number of fused-ring (bicyclic) bond motifs is 1. The number of hydrogen-bond acceptors (Lipinski definition) is 8. The van der Waals surface area contributed by atoms with Crippen LogP contribution in [0.1, 0.15) is 41.1 Å². The zero-order chi connectivity index (χ0) is 21.1. The fourth-order valence-corrected chi connectivity index (χ4v) is 4.98. The molecule has 0 saturated heterocycles. The second kappa shape index (κ2) is 8.91. The van der Waals surface area contributed by atoms with Gasteiger partial charge < -0.3 is 10.1 Å². The number of nitrogens with zero attached hydrogens (tertiary/aromatic N) is 4. The average molecular weight is 434 g/mol. The van der Waals surface area contributed by atoms with Crippen LogP contribution >= 0.6 is 23.1 Å². The lowest BCUT2D eigenvalue weighted by atomic mass is 10.2. The fourth-order valence-electron chi connectivity index (χ4n) is 2.84. The summed E-state index contributed by atoms with van der Waals surface area (Å²) in [7, 11) is 1.66. The number of amides is 1. The van der Waals surface area contributed by atoms with E-state index >= 15 is 0 Å². The highest BCUT2D eigenvalue weighted by Crippen LogP contribution is 2.36. The number of rotatable bonds is 7. The highest BCUT2D eigenvalue weighted by Gasteiger charge is 2.25. The Balaban J connectivity index is 1.85. The third kappa shape index (κ3) is 4.27. The Kier molecular flexibility index (Phi) is 6.53. The molecule has 0 fully saturated rings. The third-order valence-electron chi connectivity index (χ3n) is 4.52. The predicted molar refractivity (Wildman–Crippen MR) is 115 cm³/mol. The van der Waals surface area contributed by atoms with Crippen molar-refractivity contribution in [2.24, 2.45) is 7.05 Å². The van der Waals surface area contributed by atoms with Gasteiger partial charge in [-0.05, 0) is 32.8 Å². The number of hydrogen-bond donors (Lipinski definition) is 1. The summed E-state index contributed by atoms with van der Waals surface area (Å²) in [5.41, 5.74) is 1.37. The van der Waals surface area contributed by atoms with Crippen LogP contribution < -0.4 is 5.32 Å². The quantitative estimate of drug-likeness (QED) is 0.344. The maximum absolute atomic E-state index is 13.0. The Hall–Kier alpha value is -2.46. The first-order chi connectivity index (χ1) is 13.9. The molecule has 3 heterocycles. The van der Waals surface area contributed by atoms with Gasteiger partial charge in [-0.1, -0.05) is 18.7 Å². The molecule has 8 nitrogen and oxygen atoms in total. The maximum Gasteiger partial charge on any atom is 0.343 e. The molecule has 0 spiro atoms. The van der Waals surface area contributed by atoms with Crippen LogP contribution in [0.3, 0.4) is 0 Å². The molecule has 0 aliphatic rings. The van der Waals surface area contributed by atoms with E-state index in [0.29, 0.717) is 12.2 Å². The van der Waals surface area contributed by atoms with E-state index < -0.39 is 11.2 Å². The smallest absolute Gasteiger partial charge is 0.343 e. The maximum atomic E-state index is 13.0. The number of thiophene rings is 1. The van der Waals surface area contributed by atoms with Crippen LogP contribution in [-0.4, -0.2) is 43.5 Å². The van der Waals surface area contributed by atoms with Crippen LogP contribution in [0.2, 0.25) is 0 Å². The minimum absolute atomic E-state index is 0.219. The largest absolute Gasteiger partial charge is 0.462 e.